The van der Waals surface area contributed by atoms with Crippen LogP contribution in [0.1, 0.15) is 12.5 Å². The Hall–Kier alpha value is -1.99. The van der Waals surface area contributed by atoms with E-state index >= 15 is 0 Å². The maximum Gasteiger partial charge on any atom is 0.268 e. The fourth-order valence-electron chi connectivity index (χ4n) is 1.83. The second-order valence-corrected chi connectivity index (χ2v) is 3.89. The SMILES string of the molecule is C#CCN1C(=O)C(C)Oc2ccc(CN)cc21. The molecule has 1 aliphatic rings. The average molecular weight is 230 g/mol. The second kappa shape index (κ2) is 4.48. The molecule has 0 radical (unpaired) electrons. The summed E-state index contributed by atoms with van der Waals surface area (Å²) in [6, 6.07) is 5.55. The van der Waals surface area contributed by atoms with E-state index < -0.39 is 6.10 Å². The van der Waals surface area contributed by atoms with Crippen molar-refractivity contribution in [2.45, 2.75) is 19.6 Å². The Labute approximate surface area is 100 Å². The molecule has 4 nitrogen and oxygen atoms in total. The van der Waals surface area contributed by atoms with Crippen LogP contribution < -0.4 is 15.4 Å². The van der Waals surface area contributed by atoms with E-state index in [1.54, 1.807) is 11.8 Å². The van der Waals surface area contributed by atoms with Gasteiger partial charge in [0.25, 0.3) is 5.91 Å². The summed E-state index contributed by atoms with van der Waals surface area (Å²) in [7, 11) is 0. The van der Waals surface area contributed by atoms with Gasteiger partial charge in [0, 0.05) is 6.54 Å². The van der Waals surface area contributed by atoms with Gasteiger partial charge >= 0.3 is 0 Å². The smallest absolute Gasteiger partial charge is 0.268 e. The summed E-state index contributed by atoms with van der Waals surface area (Å²) in [6.07, 6.45) is 4.78. The number of ether oxygens (including phenoxy) is 1. The van der Waals surface area contributed by atoms with E-state index in [4.69, 9.17) is 16.9 Å². The van der Waals surface area contributed by atoms with E-state index in [2.05, 4.69) is 5.92 Å². The number of fused-ring (bicyclic) bond motifs is 1. The summed E-state index contributed by atoms with van der Waals surface area (Å²) in [5, 5.41) is 0. The van der Waals surface area contributed by atoms with Crippen molar-refractivity contribution in [1.82, 2.24) is 0 Å². The van der Waals surface area contributed by atoms with Gasteiger partial charge in [-0.2, -0.15) is 0 Å². The standard InChI is InChI=1S/C13H14N2O2/c1-3-6-15-11-7-10(8-14)4-5-12(11)17-9(2)13(15)16/h1,4-5,7,9H,6,8,14H2,2H3. The first-order chi connectivity index (χ1) is 8.17. The monoisotopic (exact) mass is 230 g/mol. The Morgan fingerprint density at radius 2 is 2.35 bits per heavy atom. The van der Waals surface area contributed by atoms with Crippen LogP contribution in [-0.4, -0.2) is 18.6 Å². The zero-order valence-corrected chi connectivity index (χ0v) is 9.64. The second-order valence-electron chi connectivity index (χ2n) is 3.89. The molecular formula is C13H14N2O2. The highest BCUT2D eigenvalue weighted by Gasteiger charge is 2.30. The van der Waals surface area contributed by atoms with Crippen LogP contribution in [-0.2, 0) is 11.3 Å². The van der Waals surface area contributed by atoms with Gasteiger partial charge in [-0.25, -0.2) is 0 Å². The Morgan fingerprint density at radius 1 is 1.59 bits per heavy atom. The van der Waals surface area contributed by atoms with Crippen molar-refractivity contribution >= 4 is 11.6 Å². The summed E-state index contributed by atoms with van der Waals surface area (Å²) in [5.74, 6) is 3.04. The number of carbonyl (C=O) groups is 1. The molecule has 1 amide bonds. The number of hydrogen-bond acceptors (Lipinski definition) is 3. The molecule has 0 spiro atoms. The third-order valence-corrected chi connectivity index (χ3v) is 2.72. The number of amides is 1. The largest absolute Gasteiger partial charge is 0.479 e. The lowest BCUT2D eigenvalue weighted by Crippen LogP contribution is -2.44. The van der Waals surface area contributed by atoms with Gasteiger partial charge in [0.2, 0.25) is 0 Å². The predicted octanol–water partition coefficient (Wildman–Crippen LogP) is 0.892. The van der Waals surface area contributed by atoms with Crippen molar-refractivity contribution in [2.75, 3.05) is 11.4 Å². The molecule has 0 aromatic heterocycles. The Balaban J connectivity index is 2.48. The molecule has 1 aliphatic heterocycles. The lowest BCUT2D eigenvalue weighted by molar-refractivity contribution is -0.125. The highest BCUT2D eigenvalue weighted by Crippen LogP contribution is 2.34. The molecular weight excluding hydrogens is 216 g/mol. The number of carbonyl (C=O) groups excluding carboxylic acids is 1. The van der Waals surface area contributed by atoms with Crippen LogP contribution in [0.2, 0.25) is 0 Å². The van der Waals surface area contributed by atoms with Crippen molar-refractivity contribution in [1.29, 1.82) is 0 Å². The summed E-state index contributed by atoms with van der Waals surface area (Å²) in [5.41, 5.74) is 7.22. The lowest BCUT2D eigenvalue weighted by atomic mass is 10.1. The maximum atomic E-state index is 12.0. The van der Waals surface area contributed by atoms with Crippen LogP contribution in [0, 0.1) is 12.3 Å². The van der Waals surface area contributed by atoms with Gasteiger partial charge in [-0.15, -0.1) is 6.42 Å². The molecule has 2 rings (SSSR count). The lowest BCUT2D eigenvalue weighted by Gasteiger charge is -2.32. The molecule has 4 heteroatoms. The third kappa shape index (κ3) is 1.97. The van der Waals surface area contributed by atoms with E-state index in [0.717, 1.165) is 5.56 Å². The van der Waals surface area contributed by atoms with E-state index in [1.807, 2.05) is 18.2 Å². The van der Waals surface area contributed by atoms with Crippen molar-refractivity contribution in [3.63, 3.8) is 0 Å². The zero-order chi connectivity index (χ0) is 12.4. The third-order valence-electron chi connectivity index (χ3n) is 2.72. The Kier molecular flexibility index (Phi) is 3.03. The van der Waals surface area contributed by atoms with E-state index in [-0.39, 0.29) is 12.5 Å². The minimum absolute atomic E-state index is 0.121. The highest BCUT2D eigenvalue weighted by molar-refractivity contribution is 6.00. The Bertz CT molecular complexity index is 491. The first-order valence-electron chi connectivity index (χ1n) is 5.42. The Morgan fingerprint density at radius 3 is 3.00 bits per heavy atom. The quantitative estimate of drug-likeness (QED) is 0.768. The number of anilines is 1. The van der Waals surface area contributed by atoms with Gasteiger partial charge in [-0.1, -0.05) is 12.0 Å². The number of nitrogens with two attached hydrogens (primary N) is 1. The van der Waals surface area contributed by atoms with Gasteiger partial charge in [0.05, 0.1) is 12.2 Å². The first-order valence-corrected chi connectivity index (χ1v) is 5.42. The van der Waals surface area contributed by atoms with Crippen LogP contribution >= 0.6 is 0 Å². The molecule has 1 heterocycles. The fourth-order valence-corrected chi connectivity index (χ4v) is 1.83. The summed E-state index contributed by atoms with van der Waals surface area (Å²) >= 11 is 0. The molecule has 1 atom stereocenters. The summed E-state index contributed by atoms with van der Waals surface area (Å²) < 4.78 is 5.52. The van der Waals surface area contributed by atoms with Gasteiger partial charge in [-0.3, -0.25) is 9.69 Å². The van der Waals surface area contributed by atoms with Crippen LogP contribution in [0.5, 0.6) is 5.75 Å². The molecule has 0 aliphatic carbocycles. The van der Waals surface area contributed by atoms with Gasteiger partial charge in [-0.05, 0) is 24.6 Å². The molecule has 0 bridgehead atoms. The summed E-state index contributed by atoms with van der Waals surface area (Å²) in [6.45, 7) is 2.38. The average Bonchev–Trinajstić information content (AvgIpc) is 2.34. The van der Waals surface area contributed by atoms with Crippen LogP contribution in [0.15, 0.2) is 18.2 Å². The van der Waals surface area contributed by atoms with E-state index in [1.165, 1.54) is 0 Å². The number of terminal acetylenes is 1. The molecule has 1 aromatic rings. The molecule has 2 N–H and O–H groups in total. The first kappa shape index (κ1) is 11.5. The highest BCUT2D eigenvalue weighted by atomic mass is 16.5. The van der Waals surface area contributed by atoms with Gasteiger partial charge < -0.3 is 10.5 Å². The molecule has 1 unspecified atom stereocenters. The molecule has 0 fully saturated rings. The van der Waals surface area contributed by atoms with Crippen LogP contribution in [0.3, 0.4) is 0 Å². The van der Waals surface area contributed by atoms with Crippen LogP contribution in [0.4, 0.5) is 5.69 Å². The normalized spacial score (nSPS) is 18.3. The minimum Gasteiger partial charge on any atom is -0.479 e. The zero-order valence-electron chi connectivity index (χ0n) is 9.64. The van der Waals surface area contributed by atoms with Crippen molar-refractivity contribution in [2.24, 2.45) is 5.73 Å². The maximum absolute atomic E-state index is 12.0. The topological polar surface area (TPSA) is 55.6 Å². The number of rotatable bonds is 2. The number of benzene rings is 1. The predicted molar refractivity (Wildman–Crippen MR) is 65.6 cm³/mol. The number of hydrogen-bond donors (Lipinski definition) is 1. The van der Waals surface area contributed by atoms with Crippen molar-refractivity contribution in [3.8, 4) is 18.1 Å². The van der Waals surface area contributed by atoms with Crippen molar-refractivity contribution < 1.29 is 9.53 Å². The van der Waals surface area contributed by atoms with Crippen molar-refractivity contribution in [3.05, 3.63) is 23.8 Å². The molecule has 0 saturated heterocycles. The molecule has 0 saturated carbocycles. The molecule has 17 heavy (non-hydrogen) atoms. The van der Waals surface area contributed by atoms with Crippen LogP contribution in [0.25, 0.3) is 0 Å². The van der Waals surface area contributed by atoms with Gasteiger partial charge in [0.15, 0.2) is 6.10 Å². The van der Waals surface area contributed by atoms with Gasteiger partial charge in [0.1, 0.15) is 5.75 Å². The fraction of sp³-hybridized carbons (Fsp3) is 0.308. The minimum atomic E-state index is -0.500. The molecule has 1 aromatic carbocycles. The van der Waals surface area contributed by atoms with E-state index in [0.29, 0.717) is 18.0 Å². The number of nitrogens with zero attached hydrogens (tertiary/aromatic N) is 1. The molecule has 88 valence electrons. The summed E-state index contributed by atoms with van der Waals surface area (Å²) in [4.78, 5) is 13.5. The van der Waals surface area contributed by atoms with E-state index in [9.17, 15) is 4.79 Å².